The molecule has 0 radical (unpaired) electrons. The van der Waals surface area contributed by atoms with Crippen LogP contribution in [0.1, 0.15) is 17.2 Å². The average molecular weight is 408 g/mol. The van der Waals surface area contributed by atoms with Crippen molar-refractivity contribution in [3.05, 3.63) is 102 Å². The van der Waals surface area contributed by atoms with Crippen LogP contribution < -0.4 is 4.90 Å². The predicted molar refractivity (Wildman–Crippen MR) is 114 cm³/mol. The van der Waals surface area contributed by atoms with Gasteiger partial charge in [-0.05, 0) is 23.3 Å². The van der Waals surface area contributed by atoms with Crippen molar-refractivity contribution in [3.8, 4) is 0 Å². The van der Waals surface area contributed by atoms with Gasteiger partial charge in [0.2, 0.25) is 0 Å². The van der Waals surface area contributed by atoms with E-state index in [0.29, 0.717) is 0 Å². The molecule has 29 heavy (non-hydrogen) atoms. The van der Waals surface area contributed by atoms with Crippen molar-refractivity contribution >= 4 is 17.0 Å². The number of likely N-dealkylation sites (tertiary alicyclic amines) is 1. The van der Waals surface area contributed by atoms with E-state index in [2.05, 4.69) is 53.4 Å². The van der Waals surface area contributed by atoms with E-state index in [4.69, 9.17) is 4.18 Å². The second-order valence-electron chi connectivity index (χ2n) is 7.09. The molecular formula is C23H23N2O3S-. The lowest BCUT2D eigenvalue weighted by atomic mass is 9.92. The number of hydrogen-bond donors (Lipinski definition) is 0. The minimum absolute atomic E-state index is 0.0139. The summed E-state index contributed by atoms with van der Waals surface area (Å²) in [4.78, 5) is 4.43. The molecule has 1 unspecified atom stereocenters. The normalized spacial score (nSPS) is 15.8. The number of rotatable bonds is 8. The highest BCUT2D eigenvalue weighted by molar-refractivity contribution is 7.74. The summed E-state index contributed by atoms with van der Waals surface area (Å²) in [5.41, 5.74) is 3.46. The van der Waals surface area contributed by atoms with Crippen molar-refractivity contribution in [1.29, 1.82) is 0 Å². The highest BCUT2D eigenvalue weighted by Crippen LogP contribution is 2.34. The summed E-state index contributed by atoms with van der Waals surface area (Å²) < 4.78 is 26.8. The van der Waals surface area contributed by atoms with Crippen LogP contribution in [0.15, 0.2) is 91.0 Å². The van der Waals surface area contributed by atoms with E-state index in [1.54, 1.807) is 0 Å². The van der Waals surface area contributed by atoms with Crippen molar-refractivity contribution in [2.75, 3.05) is 24.7 Å². The van der Waals surface area contributed by atoms with E-state index in [9.17, 15) is 8.76 Å². The van der Waals surface area contributed by atoms with Crippen LogP contribution in [-0.4, -0.2) is 39.5 Å². The number of anilines is 1. The second-order valence-corrected chi connectivity index (χ2v) is 7.73. The standard InChI is InChI=1S/C23H24N2O3S/c26-29(27)28-18-25(21-14-8-3-9-15-21)22-16-24(17-22)23(19-10-4-1-5-11-19)20-12-6-2-7-13-20/h1-15,22-23H,16-18H2,(H,26,27)/p-1. The van der Waals surface area contributed by atoms with Crippen LogP contribution in [0.25, 0.3) is 0 Å². The molecule has 1 aliphatic rings. The number of benzene rings is 3. The molecule has 0 spiro atoms. The van der Waals surface area contributed by atoms with Gasteiger partial charge in [-0.3, -0.25) is 9.08 Å². The van der Waals surface area contributed by atoms with Crippen molar-refractivity contribution < 1.29 is 12.9 Å². The molecule has 0 aromatic heterocycles. The molecule has 6 heteroatoms. The van der Waals surface area contributed by atoms with Gasteiger partial charge in [0.1, 0.15) is 6.73 Å². The zero-order valence-corrected chi connectivity index (χ0v) is 16.8. The van der Waals surface area contributed by atoms with Crippen LogP contribution in [0.5, 0.6) is 0 Å². The Bertz CT molecular complexity index is 879. The monoisotopic (exact) mass is 407 g/mol. The maximum atomic E-state index is 10.9. The highest BCUT2D eigenvalue weighted by atomic mass is 32.2. The fraction of sp³-hybridized carbons (Fsp3) is 0.217. The van der Waals surface area contributed by atoms with E-state index in [1.807, 2.05) is 47.4 Å². The predicted octanol–water partition coefficient (Wildman–Crippen LogP) is 3.74. The third-order valence-electron chi connectivity index (χ3n) is 5.30. The maximum absolute atomic E-state index is 10.9. The van der Waals surface area contributed by atoms with E-state index >= 15 is 0 Å². The van der Waals surface area contributed by atoms with Gasteiger partial charge in [-0.15, -0.1) is 0 Å². The first-order chi connectivity index (χ1) is 14.2. The second kappa shape index (κ2) is 9.33. The summed E-state index contributed by atoms with van der Waals surface area (Å²) in [5.74, 6) is 0. The van der Waals surface area contributed by atoms with Crippen molar-refractivity contribution in [2.24, 2.45) is 0 Å². The Morgan fingerprint density at radius 3 is 1.86 bits per heavy atom. The van der Waals surface area contributed by atoms with Crippen LogP contribution in [0.2, 0.25) is 0 Å². The molecule has 1 fully saturated rings. The fourth-order valence-electron chi connectivity index (χ4n) is 3.89. The number of nitrogens with zero attached hydrogens (tertiary/aromatic N) is 2. The van der Waals surface area contributed by atoms with Crippen LogP contribution in [0.4, 0.5) is 5.69 Å². The van der Waals surface area contributed by atoms with Crippen LogP contribution in [0, 0.1) is 0 Å². The van der Waals surface area contributed by atoms with Crippen molar-refractivity contribution in [1.82, 2.24) is 4.90 Å². The zero-order chi connectivity index (χ0) is 20.1. The summed E-state index contributed by atoms with van der Waals surface area (Å²) in [7, 11) is 0. The molecule has 0 amide bonds. The van der Waals surface area contributed by atoms with E-state index in [0.717, 1.165) is 18.8 Å². The van der Waals surface area contributed by atoms with E-state index in [1.165, 1.54) is 11.1 Å². The summed E-state index contributed by atoms with van der Waals surface area (Å²) in [6, 6.07) is 31.1. The molecular weight excluding hydrogens is 384 g/mol. The Morgan fingerprint density at radius 2 is 1.38 bits per heavy atom. The van der Waals surface area contributed by atoms with E-state index in [-0.39, 0.29) is 18.8 Å². The summed E-state index contributed by atoms with van der Waals surface area (Å²) in [6.45, 7) is 1.65. The SMILES string of the molecule is O=S([O-])OCN(c1ccccc1)C1CN(C(c2ccccc2)c2ccccc2)C1. The largest absolute Gasteiger partial charge is 0.750 e. The lowest BCUT2D eigenvalue weighted by Gasteiger charge is -2.49. The van der Waals surface area contributed by atoms with Gasteiger partial charge in [0.05, 0.1) is 23.4 Å². The number of para-hydroxylation sites is 1. The lowest BCUT2D eigenvalue weighted by Crippen LogP contribution is -2.61. The van der Waals surface area contributed by atoms with Gasteiger partial charge in [0, 0.05) is 18.8 Å². The van der Waals surface area contributed by atoms with Gasteiger partial charge < -0.3 is 9.45 Å². The molecule has 3 aromatic rings. The molecule has 4 rings (SSSR count). The smallest absolute Gasteiger partial charge is 0.135 e. The third-order valence-corrected chi connectivity index (χ3v) is 5.60. The topological polar surface area (TPSA) is 55.8 Å². The Hall–Kier alpha value is -2.51. The number of hydrogen-bond acceptors (Lipinski definition) is 5. The van der Waals surface area contributed by atoms with Crippen molar-refractivity contribution in [3.63, 3.8) is 0 Å². The Kier molecular flexibility index (Phi) is 6.36. The molecule has 1 saturated heterocycles. The molecule has 0 N–H and O–H groups in total. The Balaban J connectivity index is 1.54. The Labute approximate surface area is 174 Å². The summed E-state index contributed by atoms with van der Waals surface area (Å²) in [6.07, 6.45) is 0. The van der Waals surface area contributed by atoms with Gasteiger partial charge in [0.25, 0.3) is 0 Å². The molecule has 1 atom stereocenters. The van der Waals surface area contributed by atoms with Crippen LogP contribution in [-0.2, 0) is 15.5 Å². The first-order valence-electron chi connectivity index (χ1n) is 9.60. The maximum Gasteiger partial charge on any atom is 0.135 e. The minimum atomic E-state index is -2.54. The summed E-state index contributed by atoms with van der Waals surface area (Å²) in [5, 5.41) is 0. The van der Waals surface area contributed by atoms with E-state index < -0.39 is 11.4 Å². The first-order valence-corrected chi connectivity index (χ1v) is 10.6. The van der Waals surface area contributed by atoms with Crippen LogP contribution >= 0.6 is 0 Å². The zero-order valence-electron chi connectivity index (χ0n) is 16.0. The first kappa shape index (κ1) is 19.8. The Morgan fingerprint density at radius 1 is 0.897 bits per heavy atom. The quantitative estimate of drug-likeness (QED) is 0.421. The van der Waals surface area contributed by atoms with Crippen molar-refractivity contribution in [2.45, 2.75) is 12.1 Å². The molecule has 150 valence electrons. The minimum Gasteiger partial charge on any atom is -0.750 e. The van der Waals surface area contributed by atoms with Crippen LogP contribution in [0.3, 0.4) is 0 Å². The lowest BCUT2D eigenvalue weighted by molar-refractivity contribution is 0.0986. The molecule has 1 heterocycles. The highest BCUT2D eigenvalue weighted by Gasteiger charge is 2.37. The molecule has 3 aromatic carbocycles. The molecule has 5 nitrogen and oxygen atoms in total. The molecule has 0 saturated carbocycles. The molecule has 0 aliphatic carbocycles. The fourth-order valence-corrected chi connectivity index (χ4v) is 4.09. The average Bonchev–Trinajstić information content (AvgIpc) is 2.73. The van der Waals surface area contributed by atoms with Gasteiger partial charge in [0.15, 0.2) is 0 Å². The van der Waals surface area contributed by atoms with Gasteiger partial charge >= 0.3 is 0 Å². The molecule has 0 bridgehead atoms. The summed E-state index contributed by atoms with van der Waals surface area (Å²) >= 11 is -2.54. The van der Waals surface area contributed by atoms with Gasteiger partial charge in [-0.25, -0.2) is 4.21 Å². The van der Waals surface area contributed by atoms with Gasteiger partial charge in [-0.1, -0.05) is 78.9 Å². The third kappa shape index (κ3) is 4.74. The molecule has 1 aliphatic heterocycles. The van der Waals surface area contributed by atoms with Gasteiger partial charge in [-0.2, -0.15) is 0 Å².